The number of hydrogen-bond donors (Lipinski definition) is 2. The Kier molecular flexibility index (Phi) is 7.02. The zero-order valence-corrected chi connectivity index (χ0v) is 11.1. The summed E-state index contributed by atoms with van der Waals surface area (Å²) in [6.07, 6.45) is 4.44. The smallest absolute Gasteiger partial charge is 0.221 e. The van der Waals surface area contributed by atoms with Crippen LogP contribution in [0.5, 0.6) is 0 Å². The van der Waals surface area contributed by atoms with Crippen LogP contribution >= 0.6 is 11.8 Å². The molecule has 0 spiro atoms. The van der Waals surface area contributed by atoms with Crippen LogP contribution in [0.4, 0.5) is 0 Å². The van der Waals surface area contributed by atoms with Gasteiger partial charge in [-0.3, -0.25) is 4.79 Å². The van der Waals surface area contributed by atoms with E-state index in [-0.39, 0.29) is 16.7 Å². The van der Waals surface area contributed by atoms with Crippen molar-refractivity contribution in [3.8, 4) is 0 Å². The van der Waals surface area contributed by atoms with Crippen molar-refractivity contribution in [1.82, 2.24) is 5.32 Å². The highest BCUT2D eigenvalue weighted by Crippen LogP contribution is 2.19. The number of thioether (sulfide) groups is 1. The topological polar surface area (TPSA) is 55.1 Å². The molecule has 4 heteroatoms. The standard InChI is InChI=1S/C11H24N2OS/c1-5-6-9(12)7-10(14)13-8-11(2,3)15-4/h9H,5-8,12H2,1-4H3,(H,13,14). The summed E-state index contributed by atoms with van der Waals surface area (Å²) in [5, 5.41) is 2.92. The van der Waals surface area contributed by atoms with E-state index < -0.39 is 0 Å². The Labute approximate surface area is 97.6 Å². The van der Waals surface area contributed by atoms with Gasteiger partial charge in [-0.25, -0.2) is 0 Å². The predicted octanol–water partition coefficient (Wildman–Crippen LogP) is 1.76. The van der Waals surface area contributed by atoms with Gasteiger partial charge < -0.3 is 11.1 Å². The maximum atomic E-state index is 11.5. The number of amides is 1. The Morgan fingerprint density at radius 3 is 2.60 bits per heavy atom. The summed E-state index contributed by atoms with van der Waals surface area (Å²) < 4.78 is 0.102. The molecule has 90 valence electrons. The second-order valence-corrected chi connectivity index (χ2v) is 6.01. The van der Waals surface area contributed by atoms with Crippen LogP contribution in [-0.2, 0) is 4.79 Å². The summed E-state index contributed by atoms with van der Waals surface area (Å²) in [5.74, 6) is 0.0677. The molecule has 3 nitrogen and oxygen atoms in total. The lowest BCUT2D eigenvalue weighted by atomic mass is 10.1. The second-order valence-electron chi connectivity index (χ2n) is 4.49. The normalized spacial score (nSPS) is 13.7. The lowest BCUT2D eigenvalue weighted by Crippen LogP contribution is -2.38. The van der Waals surface area contributed by atoms with E-state index in [4.69, 9.17) is 5.73 Å². The van der Waals surface area contributed by atoms with Crippen LogP contribution in [0.3, 0.4) is 0 Å². The highest BCUT2D eigenvalue weighted by molar-refractivity contribution is 7.99. The van der Waals surface area contributed by atoms with Crippen molar-refractivity contribution in [2.75, 3.05) is 12.8 Å². The van der Waals surface area contributed by atoms with Gasteiger partial charge in [0.1, 0.15) is 0 Å². The van der Waals surface area contributed by atoms with Crippen molar-refractivity contribution in [3.63, 3.8) is 0 Å². The average molecular weight is 232 g/mol. The van der Waals surface area contributed by atoms with Gasteiger partial charge in [-0.05, 0) is 26.5 Å². The molecule has 0 aromatic carbocycles. The van der Waals surface area contributed by atoms with Crippen molar-refractivity contribution in [3.05, 3.63) is 0 Å². The van der Waals surface area contributed by atoms with Crippen LogP contribution in [0, 0.1) is 0 Å². The van der Waals surface area contributed by atoms with Crippen LogP contribution in [-0.4, -0.2) is 29.5 Å². The molecule has 0 aliphatic rings. The third-order valence-electron chi connectivity index (χ3n) is 2.37. The fraction of sp³-hybridized carbons (Fsp3) is 0.909. The third kappa shape index (κ3) is 7.68. The summed E-state index contributed by atoms with van der Waals surface area (Å²) in [7, 11) is 0. The van der Waals surface area contributed by atoms with Crippen molar-refractivity contribution in [2.45, 2.75) is 50.8 Å². The average Bonchev–Trinajstić information content (AvgIpc) is 2.15. The minimum absolute atomic E-state index is 0.00684. The van der Waals surface area contributed by atoms with E-state index in [1.54, 1.807) is 11.8 Å². The molecule has 1 unspecified atom stereocenters. The van der Waals surface area contributed by atoms with E-state index in [9.17, 15) is 4.79 Å². The van der Waals surface area contributed by atoms with Crippen molar-refractivity contribution >= 4 is 17.7 Å². The predicted molar refractivity (Wildman–Crippen MR) is 68.1 cm³/mol. The number of hydrogen-bond acceptors (Lipinski definition) is 3. The van der Waals surface area contributed by atoms with Crippen molar-refractivity contribution in [1.29, 1.82) is 0 Å². The summed E-state index contributed by atoms with van der Waals surface area (Å²) in [4.78, 5) is 11.5. The molecule has 1 atom stereocenters. The Morgan fingerprint density at radius 1 is 1.53 bits per heavy atom. The minimum atomic E-state index is 0.00684. The molecule has 0 saturated carbocycles. The molecule has 0 bridgehead atoms. The van der Waals surface area contributed by atoms with Gasteiger partial charge in [0, 0.05) is 23.8 Å². The lowest BCUT2D eigenvalue weighted by molar-refractivity contribution is -0.121. The SMILES string of the molecule is CCCC(N)CC(=O)NCC(C)(C)SC. The second kappa shape index (κ2) is 7.12. The highest BCUT2D eigenvalue weighted by Gasteiger charge is 2.17. The minimum Gasteiger partial charge on any atom is -0.355 e. The van der Waals surface area contributed by atoms with Crippen LogP contribution < -0.4 is 11.1 Å². The molecular formula is C11H24N2OS. The van der Waals surface area contributed by atoms with Crippen molar-refractivity contribution < 1.29 is 4.79 Å². The van der Waals surface area contributed by atoms with Gasteiger partial charge in [-0.15, -0.1) is 0 Å². The number of carbonyl (C=O) groups is 1. The Bertz CT molecular complexity index is 195. The summed E-state index contributed by atoms with van der Waals surface area (Å²) >= 11 is 1.75. The van der Waals surface area contributed by atoms with Crippen molar-refractivity contribution in [2.24, 2.45) is 5.73 Å². The molecule has 3 N–H and O–H groups in total. The molecule has 0 aromatic heterocycles. The first kappa shape index (κ1) is 14.8. The largest absolute Gasteiger partial charge is 0.355 e. The zero-order chi connectivity index (χ0) is 11.9. The van der Waals surface area contributed by atoms with Crippen LogP contribution in [0.1, 0.15) is 40.0 Å². The maximum absolute atomic E-state index is 11.5. The molecule has 1 amide bonds. The highest BCUT2D eigenvalue weighted by atomic mass is 32.2. The number of nitrogens with one attached hydrogen (secondary N) is 1. The third-order valence-corrected chi connectivity index (χ3v) is 3.62. The quantitative estimate of drug-likeness (QED) is 0.703. The first-order valence-electron chi connectivity index (χ1n) is 5.48. The fourth-order valence-electron chi connectivity index (χ4n) is 1.17. The van der Waals surface area contributed by atoms with Crippen LogP contribution in [0.2, 0.25) is 0 Å². The summed E-state index contributed by atoms with van der Waals surface area (Å²) in [5.41, 5.74) is 5.79. The fourth-order valence-corrected chi connectivity index (χ4v) is 1.38. The lowest BCUT2D eigenvalue weighted by Gasteiger charge is -2.22. The van der Waals surface area contributed by atoms with Gasteiger partial charge in [0.15, 0.2) is 0 Å². The molecule has 0 aliphatic carbocycles. The molecular weight excluding hydrogens is 208 g/mol. The van der Waals surface area contributed by atoms with Gasteiger partial charge in [-0.2, -0.15) is 11.8 Å². The van der Waals surface area contributed by atoms with E-state index in [0.717, 1.165) is 12.8 Å². The molecule has 0 saturated heterocycles. The molecule has 0 rings (SSSR count). The summed E-state index contributed by atoms with van der Waals surface area (Å²) in [6, 6.07) is 0.00684. The van der Waals surface area contributed by atoms with Crippen LogP contribution in [0.25, 0.3) is 0 Å². The molecule has 0 aromatic rings. The Balaban J connectivity index is 3.75. The summed E-state index contributed by atoms with van der Waals surface area (Å²) in [6.45, 7) is 7.01. The maximum Gasteiger partial charge on any atom is 0.221 e. The number of rotatable bonds is 7. The van der Waals surface area contributed by atoms with E-state index in [2.05, 4.69) is 32.3 Å². The molecule has 0 radical (unpaired) electrons. The van der Waals surface area contributed by atoms with E-state index in [1.807, 2.05) is 0 Å². The van der Waals surface area contributed by atoms with Crippen LogP contribution in [0.15, 0.2) is 0 Å². The van der Waals surface area contributed by atoms with Gasteiger partial charge >= 0.3 is 0 Å². The molecule has 0 heterocycles. The van der Waals surface area contributed by atoms with E-state index in [1.165, 1.54) is 0 Å². The van der Waals surface area contributed by atoms with Gasteiger partial charge in [0.2, 0.25) is 5.91 Å². The van der Waals surface area contributed by atoms with E-state index >= 15 is 0 Å². The Morgan fingerprint density at radius 2 is 2.13 bits per heavy atom. The van der Waals surface area contributed by atoms with E-state index in [0.29, 0.717) is 13.0 Å². The van der Waals surface area contributed by atoms with Gasteiger partial charge in [0.05, 0.1) is 0 Å². The first-order valence-corrected chi connectivity index (χ1v) is 6.71. The van der Waals surface area contributed by atoms with Gasteiger partial charge in [-0.1, -0.05) is 13.3 Å². The molecule has 0 fully saturated rings. The first-order chi connectivity index (χ1) is 6.91. The monoisotopic (exact) mass is 232 g/mol. The number of carbonyl (C=O) groups excluding carboxylic acids is 1. The van der Waals surface area contributed by atoms with Gasteiger partial charge in [0.25, 0.3) is 0 Å². The Hall–Kier alpha value is -0.220. The molecule has 0 aliphatic heterocycles. The number of nitrogens with two attached hydrogens (primary N) is 1. The molecule has 15 heavy (non-hydrogen) atoms. The zero-order valence-electron chi connectivity index (χ0n) is 10.3.